The van der Waals surface area contributed by atoms with E-state index >= 15 is 0 Å². The molecular weight excluding hydrogens is 221 g/mol. The van der Waals surface area contributed by atoms with Crippen LogP contribution in [0.3, 0.4) is 0 Å². The van der Waals surface area contributed by atoms with Gasteiger partial charge in [-0.1, -0.05) is 0 Å². The number of hydrogen-bond acceptors (Lipinski definition) is 3. The number of hydrogen-bond donors (Lipinski definition) is 0. The molecule has 1 rings (SSSR count). The zero-order chi connectivity index (χ0) is 12.9. The van der Waals surface area contributed by atoms with Gasteiger partial charge in [0.05, 0.1) is 19.8 Å². The van der Waals surface area contributed by atoms with Crippen molar-refractivity contribution in [1.82, 2.24) is 4.90 Å². The van der Waals surface area contributed by atoms with Crippen LogP contribution in [0.4, 0.5) is 4.39 Å². The Hall–Kier alpha value is -0.190. The summed E-state index contributed by atoms with van der Waals surface area (Å²) in [4.78, 5) is 2.33. The number of piperidine rings is 1. The van der Waals surface area contributed by atoms with Crippen molar-refractivity contribution in [2.45, 2.75) is 44.8 Å². The number of alkyl halides is 1. The molecule has 0 aliphatic carbocycles. The molecule has 17 heavy (non-hydrogen) atoms. The fourth-order valence-electron chi connectivity index (χ4n) is 2.12. The minimum Gasteiger partial charge on any atom is -0.382 e. The topological polar surface area (TPSA) is 21.7 Å². The van der Waals surface area contributed by atoms with E-state index < -0.39 is 5.67 Å². The van der Waals surface area contributed by atoms with Crippen molar-refractivity contribution in [2.75, 3.05) is 40.0 Å². The Balaban J connectivity index is 2.29. The van der Waals surface area contributed by atoms with E-state index in [1.165, 1.54) is 0 Å². The minimum absolute atomic E-state index is 0.137. The lowest BCUT2D eigenvalue weighted by Crippen LogP contribution is -2.51. The lowest BCUT2D eigenvalue weighted by molar-refractivity contribution is -0.0487. The summed E-state index contributed by atoms with van der Waals surface area (Å²) < 4.78 is 24.6. The van der Waals surface area contributed by atoms with Gasteiger partial charge in [-0.15, -0.1) is 0 Å². The van der Waals surface area contributed by atoms with Crippen molar-refractivity contribution in [3.05, 3.63) is 0 Å². The molecule has 1 fully saturated rings. The molecule has 0 radical (unpaired) electrons. The highest BCUT2D eigenvalue weighted by Gasteiger charge is 2.37. The van der Waals surface area contributed by atoms with Gasteiger partial charge in [-0.3, -0.25) is 4.90 Å². The van der Waals surface area contributed by atoms with E-state index in [1.54, 1.807) is 7.11 Å². The fourth-order valence-corrected chi connectivity index (χ4v) is 2.12. The molecule has 1 heterocycles. The number of nitrogens with zero attached hydrogens (tertiary/aromatic N) is 1. The Morgan fingerprint density at radius 1 is 1.18 bits per heavy atom. The van der Waals surface area contributed by atoms with Crippen LogP contribution in [0.2, 0.25) is 0 Å². The van der Waals surface area contributed by atoms with Crippen LogP contribution in [0.5, 0.6) is 0 Å². The largest absolute Gasteiger partial charge is 0.382 e. The van der Waals surface area contributed by atoms with Gasteiger partial charge < -0.3 is 9.47 Å². The smallest absolute Gasteiger partial charge is 0.136 e. The summed E-state index contributed by atoms with van der Waals surface area (Å²) in [7, 11) is 1.62. The predicted molar refractivity (Wildman–Crippen MR) is 67.1 cm³/mol. The van der Waals surface area contributed by atoms with Gasteiger partial charge in [0.2, 0.25) is 0 Å². The van der Waals surface area contributed by atoms with Gasteiger partial charge in [-0.05, 0) is 33.6 Å². The highest BCUT2D eigenvalue weighted by atomic mass is 19.1. The summed E-state index contributed by atoms with van der Waals surface area (Å²) >= 11 is 0. The standard InChI is InChI=1S/C13H26FNO2/c1-12(2,3)15-7-5-13(14,6-8-15)11-17-10-9-16-4/h5-11H2,1-4H3. The molecule has 1 saturated heterocycles. The van der Waals surface area contributed by atoms with Gasteiger partial charge in [0, 0.05) is 25.7 Å². The molecule has 0 bridgehead atoms. The molecule has 0 aromatic heterocycles. The van der Waals surface area contributed by atoms with Crippen LogP contribution in [-0.2, 0) is 9.47 Å². The third kappa shape index (κ3) is 4.90. The van der Waals surface area contributed by atoms with Gasteiger partial charge in [0.1, 0.15) is 5.67 Å². The third-order valence-corrected chi connectivity index (χ3v) is 3.40. The molecule has 0 amide bonds. The number of ether oxygens (including phenoxy) is 2. The molecule has 0 spiro atoms. The number of methoxy groups -OCH3 is 1. The Morgan fingerprint density at radius 2 is 1.76 bits per heavy atom. The molecule has 1 aliphatic heterocycles. The number of likely N-dealkylation sites (tertiary alicyclic amines) is 1. The lowest BCUT2D eigenvalue weighted by atomic mass is 9.91. The third-order valence-electron chi connectivity index (χ3n) is 3.40. The second-order valence-electron chi connectivity index (χ2n) is 5.85. The quantitative estimate of drug-likeness (QED) is 0.696. The average Bonchev–Trinajstić information content (AvgIpc) is 2.24. The molecular formula is C13H26FNO2. The highest BCUT2D eigenvalue weighted by molar-refractivity contribution is 4.90. The first-order valence-corrected chi connectivity index (χ1v) is 6.38. The monoisotopic (exact) mass is 247 g/mol. The van der Waals surface area contributed by atoms with E-state index in [9.17, 15) is 4.39 Å². The minimum atomic E-state index is -1.14. The zero-order valence-corrected chi connectivity index (χ0v) is 11.6. The Kier molecular flexibility index (Phi) is 5.35. The van der Waals surface area contributed by atoms with E-state index in [4.69, 9.17) is 9.47 Å². The maximum absolute atomic E-state index is 14.4. The molecule has 0 N–H and O–H groups in total. The summed E-state index contributed by atoms with van der Waals surface area (Å²) in [6.45, 7) is 9.36. The van der Waals surface area contributed by atoms with Gasteiger partial charge in [0.25, 0.3) is 0 Å². The van der Waals surface area contributed by atoms with E-state index in [2.05, 4.69) is 25.7 Å². The summed E-state index contributed by atoms with van der Waals surface area (Å²) in [5.41, 5.74) is -1.01. The van der Waals surface area contributed by atoms with Crippen LogP contribution in [0.25, 0.3) is 0 Å². The van der Waals surface area contributed by atoms with E-state index in [0.717, 1.165) is 13.1 Å². The highest BCUT2D eigenvalue weighted by Crippen LogP contribution is 2.30. The Labute approximate surface area is 104 Å². The van der Waals surface area contributed by atoms with Gasteiger partial charge in [-0.25, -0.2) is 4.39 Å². The summed E-state index contributed by atoms with van der Waals surface area (Å²) in [5, 5.41) is 0. The second-order valence-corrected chi connectivity index (χ2v) is 5.85. The van der Waals surface area contributed by atoms with Crippen LogP contribution in [0.1, 0.15) is 33.6 Å². The van der Waals surface area contributed by atoms with E-state index in [1.807, 2.05) is 0 Å². The van der Waals surface area contributed by atoms with Crippen molar-refractivity contribution in [1.29, 1.82) is 0 Å². The molecule has 0 unspecified atom stereocenters. The zero-order valence-electron chi connectivity index (χ0n) is 11.6. The number of halogens is 1. The molecule has 3 nitrogen and oxygen atoms in total. The first kappa shape index (κ1) is 14.9. The van der Waals surface area contributed by atoms with Crippen LogP contribution in [0.15, 0.2) is 0 Å². The van der Waals surface area contributed by atoms with Gasteiger partial charge >= 0.3 is 0 Å². The fraction of sp³-hybridized carbons (Fsp3) is 1.00. The molecule has 102 valence electrons. The molecule has 0 aromatic carbocycles. The van der Waals surface area contributed by atoms with Crippen LogP contribution in [-0.4, -0.2) is 56.1 Å². The predicted octanol–water partition coefficient (Wildman–Crippen LogP) is 2.25. The second kappa shape index (κ2) is 6.12. The van der Waals surface area contributed by atoms with Gasteiger partial charge in [0.15, 0.2) is 0 Å². The molecule has 4 heteroatoms. The van der Waals surface area contributed by atoms with Gasteiger partial charge in [-0.2, -0.15) is 0 Å². The maximum atomic E-state index is 14.4. The van der Waals surface area contributed by atoms with E-state index in [0.29, 0.717) is 26.1 Å². The number of rotatable bonds is 5. The molecule has 1 aliphatic rings. The van der Waals surface area contributed by atoms with Crippen LogP contribution >= 0.6 is 0 Å². The van der Waals surface area contributed by atoms with Crippen molar-refractivity contribution < 1.29 is 13.9 Å². The normalized spacial score (nSPS) is 21.7. The first-order chi connectivity index (χ1) is 7.87. The molecule has 0 saturated carbocycles. The van der Waals surface area contributed by atoms with Crippen molar-refractivity contribution >= 4 is 0 Å². The van der Waals surface area contributed by atoms with Crippen LogP contribution in [0, 0.1) is 0 Å². The Bertz CT molecular complexity index is 220. The molecule has 0 aromatic rings. The Morgan fingerprint density at radius 3 is 2.24 bits per heavy atom. The lowest BCUT2D eigenvalue weighted by Gasteiger charge is -2.43. The maximum Gasteiger partial charge on any atom is 0.136 e. The summed E-state index contributed by atoms with van der Waals surface area (Å²) in [5.74, 6) is 0. The average molecular weight is 247 g/mol. The summed E-state index contributed by atoms with van der Waals surface area (Å²) in [6, 6.07) is 0. The van der Waals surface area contributed by atoms with Crippen molar-refractivity contribution in [2.24, 2.45) is 0 Å². The van der Waals surface area contributed by atoms with Crippen molar-refractivity contribution in [3.8, 4) is 0 Å². The summed E-state index contributed by atoms with van der Waals surface area (Å²) in [6.07, 6.45) is 1.13. The molecule has 0 atom stereocenters. The van der Waals surface area contributed by atoms with Crippen LogP contribution < -0.4 is 0 Å². The van der Waals surface area contributed by atoms with Crippen molar-refractivity contribution in [3.63, 3.8) is 0 Å². The SMILES string of the molecule is COCCOCC1(F)CCN(C(C)(C)C)CC1. The first-order valence-electron chi connectivity index (χ1n) is 6.38. The van der Waals surface area contributed by atoms with E-state index in [-0.39, 0.29) is 12.1 Å².